The molecule has 0 unspecified atom stereocenters. The average molecular weight is 247 g/mol. The van der Waals surface area contributed by atoms with Crippen molar-refractivity contribution in [2.24, 2.45) is 0 Å². The molecule has 0 spiro atoms. The number of fused-ring (bicyclic) bond motifs is 1. The summed E-state index contributed by atoms with van der Waals surface area (Å²) in [6, 6.07) is 19.2. The van der Waals surface area contributed by atoms with Crippen LogP contribution in [0.4, 0.5) is 0 Å². The molecule has 0 aliphatic carbocycles. The molecule has 19 heavy (non-hydrogen) atoms. The number of aromatic amines is 1. The lowest BCUT2D eigenvalue weighted by Gasteiger charge is -1.99. The van der Waals surface area contributed by atoms with E-state index in [0.29, 0.717) is 0 Å². The van der Waals surface area contributed by atoms with Gasteiger partial charge in [0.25, 0.3) is 0 Å². The van der Waals surface area contributed by atoms with Crippen LogP contribution in [0.1, 0.15) is 23.7 Å². The van der Waals surface area contributed by atoms with E-state index in [9.17, 15) is 0 Å². The summed E-state index contributed by atoms with van der Waals surface area (Å²) in [7, 11) is 0. The van der Waals surface area contributed by atoms with Crippen LogP contribution in [0.15, 0.2) is 54.6 Å². The van der Waals surface area contributed by atoms with E-state index >= 15 is 0 Å². The van der Waals surface area contributed by atoms with E-state index in [1.165, 1.54) is 33.3 Å². The van der Waals surface area contributed by atoms with Crippen LogP contribution >= 0.6 is 0 Å². The fraction of sp³-hybridized carbons (Fsp3) is 0.111. The number of aromatic nitrogens is 1. The van der Waals surface area contributed by atoms with Gasteiger partial charge in [-0.2, -0.15) is 0 Å². The topological polar surface area (TPSA) is 15.8 Å². The lowest BCUT2D eigenvalue weighted by molar-refractivity contribution is 1.39. The predicted octanol–water partition coefficient (Wildman–Crippen LogP) is 5.04. The molecule has 0 aliphatic heterocycles. The highest BCUT2D eigenvalue weighted by Gasteiger charge is 2.01. The number of hydrogen-bond acceptors (Lipinski definition) is 0. The van der Waals surface area contributed by atoms with Crippen molar-refractivity contribution < 1.29 is 0 Å². The van der Waals surface area contributed by atoms with Crippen LogP contribution in [0, 0.1) is 6.92 Å². The van der Waals surface area contributed by atoms with Crippen molar-refractivity contribution in [1.29, 1.82) is 0 Å². The van der Waals surface area contributed by atoms with Crippen molar-refractivity contribution in [3.05, 3.63) is 71.4 Å². The molecule has 1 N–H and O–H groups in total. The van der Waals surface area contributed by atoms with E-state index in [1.807, 2.05) is 0 Å². The number of para-hydroxylation sites is 1. The Labute approximate surface area is 113 Å². The molecule has 0 amide bonds. The van der Waals surface area contributed by atoms with Gasteiger partial charge < -0.3 is 4.98 Å². The molecule has 3 rings (SSSR count). The molecule has 0 atom stereocenters. The number of benzene rings is 2. The van der Waals surface area contributed by atoms with Crippen LogP contribution < -0.4 is 0 Å². The second kappa shape index (κ2) is 4.77. The summed E-state index contributed by atoms with van der Waals surface area (Å²) >= 11 is 0. The van der Waals surface area contributed by atoms with Crippen LogP contribution in [0.5, 0.6) is 0 Å². The van der Waals surface area contributed by atoms with Crippen LogP contribution in [0.2, 0.25) is 0 Å². The molecule has 1 nitrogen and oxygen atoms in total. The predicted molar refractivity (Wildman–Crippen MR) is 83.0 cm³/mol. The molecular formula is C18H17N. The van der Waals surface area contributed by atoms with Crippen molar-refractivity contribution in [2.45, 2.75) is 13.8 Å². The minimum Gasteiger partial charge on any atom is -0.355 e. The molecule has 0 fully saturated rings. The minimum absolute atomic E-state index is 1.18. The highest BCUT2D eigenvalue weighted by atomic mass is 14.7. The third-order valence-electron chi connectivity index (χ3n) is 3.42. The maximum Gasteiger partial charge on any atom is 0.0458 e. The van der Waals surface area contributed by atoms with Gasteiger partial charge in [-0.3, -0.25) is 0 Å². The molecule has 0 aliphatic rings. The van der Waals surface area contributed by atoms with E-state index in [2.05, 4.69) is 79.5 Å². The summed E-state index contributed by atoms with van der Waals surface area (Å²) < 4.78 is 0. The Morgan fingerprint density at radius 2 is 1.74 bits per heavy atom. The maximum atomic E-state index is 3.46. The summed E-state index contributed by atoms with van der Waals surface area (Å²) in [6.45, 7) is 4.25. The third kappa shape index (κ3) is 2.45. The zero-order chi connectivity index (χ0) is 13.2. The van der Waals surface area contributed by atoms with Gasteiger partial charge in [0.1, 0.15) is 0 Å². The Hall–Kier alpha value is -2.28. The highest BCUT2D eigenvalue weighted by molar-refractivity contribution is 5.88. The molecule has 2 aromatic carbocycles. The monoisotopic (exact) mass is 247 g/mol. The second-order valence-corrected chi connectivity index (χ2v) is 5.01. The third-order valence-corrected chi connectivity index (χ3v) is 3.42. The quantitative estimate of drug-likeness (QED) is 0.653. The molecule has 1 heterocycles. The van der Waals surface area contributed by atoms with Crippen molar-refractivity contribution in [1.82, 2.24) is 4.98 Å². The van der Waals surface area contributed by atoms with E-state index in [0.717, 1.165) is 0 Å². The zero-order valence-corrected chi connectivity index (χ0v) is 11.3. The largest absolute Gasteiger partial charge is 0.355 e. The molecule has 1 aromatic heterocycles. The van der Waals surface area contributed by atoms with Crippen molar-refractivity contribution >= 4 is 22.6 Å². The maximum absolute atomic E-state index is 3.46. The Balaban J connectivity index is 1.98. The number of hydrogen-bond donors (Lipinski definition) is 1. The molecule has 94 valence electrons. The molecule has 3 aromatic rings. The van der Waals surface area contributed by atoms with Gasteiger partial charge in [-0.1, -0.05) is 48.0 Å². The van der Waals surface area contributed by atoms with Crippen LogP contribution in [-0.4, -0.2) is 4.98 Å². The van der Waals surface area contributed by atoms with Gasteiger partial charge in [-0.25, -0.2) is 0 Å². The lowest BCUT2D eigenvalue weighted by atomic mass is 10.1. The number of allylic oxidation sites excluding steroid dienone is 1. The van der Waals surface area contributed by atoms with E-state index in [1.54, 1.807) is 0 Å². The molecule has 0 radical (unpaired) electrons. The first-order valence-electron chi connectivity index (χ1n) is 6.55. The Morgan fingerprint density at radius 3 is 2.47 bits per heavy atom. The fourth-order valence-corrected chi connectivity index (χ4v) is 2.28. The Morgan fingerprint density at radius 1 is 1.00 bits per heavy atom. The summed E-state index contributed by atoms with van der Waals surface area (Å²) in [5.41, 5.74) is 6.15. The van der Waals surface area contributed by atoms with Gasteiger partial charge in [0.05, 0.1) is 0 Å². The van der Waals surface area contributed by atoms with E-state index < -0.39 is 0 Å². The average Bonchev–Trinajstić information content (AvgIpc) is 2.85. The summed E-state index contributed by atoms with van der Waals surface area (Å²) in [6.07, 6.45) is 2.21. The summed E-state index contributed by atoms with van der Waals surface area (Å²) in [4.78, 5) is 3.46. The normalized spacial score (nSPS) is 12.0. The molecular weight excluding hydrogens is 230 g/mol. The number of aryl methyl sites for hydroxylation is 1. The number of rotatable bonds is 2. The highest BCUT2D eigenvalue weighted by Crippen LogP contribution is 2.22. The van der Waals surface area contributed by atoms with Crippen LogP contribution in [0.25, 0.3) is 22.6 Å². The Kier molecular flexibility index (Phi) is 2.96. The molecule has 0 bridgehead atoms. The second-order valence-electron chi connectivity index (χ2n) is 5.01. The molecule has 0 saturated carbocycles. The number of H-pyrrole nitrogens is 1. The lowest BCUT2D eigenvalue weighted by Crippen LogP contribution is -1.80. The zero-order valence-electron chi connectivity index (χ0n) is 11.3. The SMILES string of the molecule is C/C(=C/c1ccc(C)cc1)c1cc2ccccc2[nH]1. The summed E-state index contributed by atoms with van der Waals surface area (Å²) in [5, 5.41) is 1.26. The molecule has 1 heteroatoms. The first-order valence-corrected chi connectivity index (χ1v) is 6.55. The van der Waals surface area contributed by atoms with Crippen molar-refractivity contribution in [2.75, 3.05) is 0 Å². The number of nitrogens with one attached hydrogen (secondary N) is 1. The molecule has 0 saturated heterocycles. The van der Waals surface area contributed by atoms with Gasteiger partial charge in [0, 0.05) is 11.2 Å². The Bertz CT molecular complexity index is 697. The first-order chi connectivity index (χ1) is 9.22. The fourth-order valence-electron chi connectivity index (χ4n) is 2.28. The minimum atomic E-state index is 1.18. The van der Waals surface area contributed by atoms with Crippen molar-refractivity contribution in [3.8, 4) is 0 Å². The van der Waals surface area contributed by atoms with Gasteiger partial charge >= 0.3 is 0 Å². The van der Waals surface area contributed by atoms with E-state index in [4.69, 9.17) is 0 Å². The van der Waals surface area contributed by atoms with Gasteiger partial charge in [0.2, 0.25) is 0 Å². The van der Waals surface area contributed by atoms with E-state index in [-0.39, 0.29) is 0 Å². The van der Waals surface area contributed by atoms with Crippen molar-refractivity contribution in [3.63, 3.8) is 0 Å². The van der Waals surface area contributed by atoms with Crippen LogP contribution in [0.3, 0.4) is 0 Å². The van der Waals surface area contributed by atoms with Gasteiger partial charge in [-0.15, -0.1) is 0 Å². The summed E-state index contributed by atoms with van der Waals surface area (Å²) in [5.74, 6) is 0. The van der Waals surface area contributed by atoms with Crippen LogP contribution in [-0.2, 0) is 0 Å². The smallest absolute Gasteiger partial charge is 0.0458 e. The first kappa shape index (κ1) is 11.8. The standard InChI is InChI=1S/C18H17N/c1-13-7-9-15(10-8-13)11-14(2)18-12-16-5-3-4-6-17(16)19-18/h3-12,19H,1-2H3/b14-11-. The van der Waals surface area contributed by atoms with Gasteiger partial charge in [0.15, 0.2) is 0 Å². The van der Waals surface area contributed by atoms with Gasteiger partial charge in [-0.05, 0) is 48.6 Å².